The Labute approximate surface area is 181 Å². The molecular weight excluding hydrogens is 413 g/mol. The summed E-state index contributed by atoms with van der Waals surface area (Å²) in [7, 11) is 1.62. The third kappa shape index (κ3) is 3.51. The van der Waals surface area contributed by atoms with Crippen LogP contribution in [-0.2, 0) is 13.1 Å². The maximum absolute atomic E-state index is 13.5. The first kappa shape index (κ1) is 19.5. The highest BCUT2D eigenvalue weighted by Crippen LogP contribution is 2.34. The van der Waals surface area contributed by atoms with Crippen LogP contribution in [0.15, 0.2) is 65.6 Å². The van der Waals surface area contributed by atoms with E-state index < -0.39 is 0 Å². The zero-order valence-electron chi connectivity index (χ0n) is 17.1. The molecule has 0 N–H and O–H groups in total. The maximum atomic E-state index is 13.5. The van der Waals surface area contributed by atoms with Crippen LogP contribution in [0, 0.1) is 12.7 Å². The molecule has 3 aromatic heterocycles. The molecule has 0 aliphatic carbocycles. The van der Waals surface area contributed by atoms with Crippen molar-refractivity contribution in [2.45, 2.75) is 20.0 Å². The number of rotatable bonds is 5. The van der Waals surface area contributed by atoms with E-state index in [0.29, 0.717) is 18.6 Å². The van der Waals surface area contributed by atoms with E-state index in [4.69, 9.17) is 4.74 Å². The summed E-state index contributed by atoms with van der Waals surface area (Å²) in [5.74, 6) is 0.493. The normalized spacial score (nSPS) is 11.5. The van der Waals surface area contributed by atoms with Crippen LogP contribution < -0.4 is 10.3 Å². The van der Waals surface area contributed by atoms with Crippen LogP contribution in [0.1, 0.15) is 16.0 Å². The molecule has 0 radical (unpaired) electrons. The van der Waals surface area contributed by atoms with Gasteiger partial charge in [0.05, 0.1) is 30.1 Å². The van der Waals surface area contributed by atoms with Crippen molar-refractivity contribution in [1.29, 1.82) is 0 Å². The van der Waals surface area contributed by atoms with Crippen molar-refractivity contribution in [2.24, 2.45) is 0 Å². The second-order valence-corrected chi connectivity index (χ2v) is 8.76. The molecule has 5 rings (SSSR count). The van der Waals surface area contributed by atoms with Gasteiger partial charge < -0.3 is 9.30 Å². The van der Waals surface area contributed by atoms with Crippen LogP contribution in [0.3, 0.4) is 0 Å². The first-order chi connectivity index (χ1) is 15.0. The Hall–Kier alpha value is -3.45. The molecule has 0 aliphatic heterocycles. The molecule has 5 aromatic rings. The van der Waals surface area contributed by atoms with Crippen molar-refractivity contribution < 1.29 is 9.13 Å². The molecule has 0 saturated carbocycles. The van der Waals surface area contributed by atoms with Gasteiger partial charge in [-0.25, -0.2) is 9.07 Å². The Morgan fingerprint density at radius 2 is 1.71 bits per heavy atom. The second-order valence-electron chi connectivity index (χ2n) is 7.50. The summed E-state index contributed by atoms with van der Waals surface area (Å²) >= 11 is 1.66. The van der Waals surface area contributed by atoms with Crippen LogP contribution in [0.4, 0.5) is 4.39 Å². The molecule has 0 saturated heterocycles. The molecule has 156 valence electrons. The molecule has 5 nitrogen and oxygen atoms in total. The molecular formula is C24H20FN3O2S. The Bertz CT molecular complexity index is 1450. The Morgan fingerprint density at radius 3 is 2.42 bits per heavy atom. The minimum atomic E-state index is -0.274. The number of nitrogens with zero attached hydrogens (tertiary/aromatic N) is 3. The lowest BCUT2D eigenvalue weighted by Gasteiger charge is -2.09. The fourth-order valence-electron chi connectivity index (χ4n) is 3.87. The van der Waals surface area contributed by atoms with Gasteiger partial charge in [-0.05, 0) is 48.4 Å². The highest BCUT2D eigenvalue weighted by Gasteiger charge is 2.18. The summed E-state index contributed by atoms with van der Waals surface area (Å²) < 4.78 is 23.1. The molecule has 0 unspecified atom stereocenters. The van der Waals surface area contributed by atoms with Gasteiger partial charge in [0.2, 0.25) is 0 Å². The molecule has 0 bridgehead atoms. The van der Waals surface area contributed by atoms with Crippen molar-refractivity contribution in [3.63, 3.8) is 0 Å². The lowest BCUT2D eigenvalue weighted by atomic mass is 10.2. The van der Waals surface area contributed by atoms with Gasteiger partial charge in [0.1, 0.15) is 17.1 Å². The summed E-state index contributed by atoms with van der Waals surface area (Å²) in [6.07, 6.45) is 1.78. The Morgan fingerprint density at radius 1 is 1.03 bits per heavy atom. The summed E-state index contributed by atoms with van der Waals surface area (Å²) in [6.45, 7) is 2.91. The van der Waals surface area contributed by atoms with Crippen LogP contribution in [-0.4, -0.2) is 21.5 Å². The molecule has 0 aliphatic rings. The van der Waals surface area contributed by atoms with E-state index in [1.807, 2.05) is 28.8 Å². The fourth-order valence-corrected chi connectivity index (χ4v) is 4.90. The molecule has 0 spiro atoms. The lowest BCUT2D eigenvalue weighted by molar-refractivity contribution is 0.414. The number of hydrogen-bond donors (Lipinski definition) is 0. The number of aromatic nitrogens is 3. The topological polar surface area (TPSA) is 49.0 Å². The van der Waals surface area contributed by atoms with Gasteiger partial charge in [-0.1, -0.05) is 24.3 Å². The highest BCUT2D eigenvalue weighted by atomic mass is 32.1. The van der Waals surface area contributed by atoms with Crippen molar-refractivity contribution >= 4 is 32.5 Å². The number of fused-ring (bicyclic) bond motifs is 3. The van der Waals surface area contributed by atoms with Gasteiger partial charge in [0, 0.05) is 16.8 Å². The third-order valence-corrected chi connectivity index (χ3v) is 6.48. The van der Waals surface area contributed by atoms with Gasteiger partial charge in [-0.3, -0.25) is 4.79 Å². The van der Waals surface area contributed by atoms with Crippen molar-refractivity contribution in [1.82, 2.24) is 14.3 Å². The van der Waals surface area contributed by atoms with Gasteiger partial charge in [0.25, 0.3) is 5.56 Å². The third-order valence-electron chi connectivity index (χ3n) is 5.40. The Balaban J connectivity index is 1.64. The SMILES string of the molecule is COc1ccc(Cn2ncc3c4sc(C)cc4n(Cc4ccc(F)cc4)c3c2=O)cc1. The average Bonchev–Trinajstić information content (AvgIpc) is 3.28. The molecule has 0 amide bonds. The first-order valence-corrected chi connectivity index (χ1v) is 10.7. The molecule has 0 atom stereocenters. The maximum Gasteiger partial charge on any atom is 0.291 e. The van der Waals surface area contributed by atoms with E-state index in [0.717, 1.165) is 32.5 Å². The molecule has 2 aromatic carbocycles. The predicted molar refractivity (Wildman–Crippen MR) is 122 cm³/mol. The van der Waals surface area contributed by atoms with E-state index in [2.05, 4.69) is 18.1 Å². The van der Waals surface area contributed by atoms with Crippen molar-refractivity contribution in [3.8, 4) is 5.75 Å². The van der Waals surface area contributed by atoms with Crippen LogP contribution in [0.2, 0.25) is 0 Å². The summed E-state index contributed by atoms with van der Waals surface area (Å²) in [5.41, 5.74) is 3.37. The van der Waals surface area contributed by atoms with Crippen molar-refractivity contribution in [2.75, 3.05) is 7.11 Å². The standard InChI is InChI=1S/C24H20FN3O2S/c1-15-11-21-23(31-15)20-12-26-28(14-17-5-9-19(30-2)10-6-17)24(29)22(20)27(21)13-16-3-7-18(25)8-4-16/h3-12H,13-14H2,1-2H3. The van der Waals surface area contributed by atoms with Crippen LogP contribution in [0.5, 0.6) is 5.75 Å². The minimum Gasteiger partial charge on any atom is -0.497 e. The van der Waals surface area contributed by atoms with E-state index in [1.165, 1.54) is 21.7 Å². The lowest BCUT2D eigenvalue weighted by Crippen LogP contribution is -2.25. The summed E-state index contributed by atoms with van der Waals surface area (Å²) in [6, 6.07) is 16.1. The second kappa shape index (κ2) is 7.67. The number of halogens is 1. The fraction of sp³-hybridized carbons (Fsp3) is 0.167. The highest BCUT2D eigenvalue weighted by molar-refractivity contribution is 7.20. The minimum absolute atomic E-state index is 0.142. The van der Waals surface area contributed by atoms with Crippen LogP contribution in [0.25, 0.3) is 21.1 Å². The van der Waals surface area contributed by atoms with E-state index in [1.54, 1.807) is 36.8 Å². The number of hydrogen-bond acceptors (Lipinski definition) is 4. The van der Waals surface area contributed by atoms with Gasteiger partial charge in [-0.15, -0.1) is 11.3 Å². The van der Waals surface area contributed by atoms with Gasteiger partial charge >= 0.3 is 0 Å². The number of ether oxygens (including phenoxy) is 1. The quantitative estimate of drug-likeness (QED) is 0.393. The average molecular weight is 434 g/mol. The van der Waals surface area contributed by atoms with Gasteiger partial charge in [-0.2, -0.15) is 5.10 Å². The number of aryl methyl sites for hydroxylation is 1. The van der Waals surface area contributed by atoms with Gasteiger partial charge in [0.15, 0.2) is 0 Å². The Kier molecular flexibility index (Phi) is 4.82. The predicted octanol–water partition coefficient (Wildman–Crippen LogP) is 4.97. The zero-order chi connectivity index (χ0) is 21.5. The molecule has 7 heteroatoms. The first-order valence-electron chi connectivity index (χ1n) is 9.89. The van der Waals surface area contributed by atoms with Crippen molar-refractivity contribution in [3.05, 3.63) is 93.0 Å². The van der Waals surface area contributed by atoms with Crippen LogP contribution >= 0.6 is 11.3 Å². The van der Waals surface area contributed by atoms with E-state index in [9.17, 15) is 9.18 Å². The largest absolute Gasteiger partial charge is 0.497 e. The zero-order valence-corrected chi connectivity index (χ0v) is 17.9. The smallest absolute Gasteiger partial charge is 0.291 e. The van der Waals surface area contributed by atoms with E-state index in [-0.39, 0.29) is 11.4 Å². The number of methoxy groups -OCH3 is 1. The summed E-state index contributed by atoms with van der Waals surface area (Å²) in [4.78, 5) is 14.6. The molecule has 31 heavy (non-hydrogen) atoms. The number of benzene rings is 2. The van der Waals surface area contributed by atoms with E-state index >= 15 is 0 Å². The summed E-state index contributed by atoms with van der Waals surface area (Å²) in [5, 5.41) is 5.31. The number of thiophene rings is 1. The molecule has 3 heterocycles. The monoisotopic (exact) mass is 433 g/mol. The molecule has 0 fully saturated rings.